The zero-order chi connectivity index (χ0) is 16.3. The van der Waals surface area contributed by atoms with Gasteiger partial charge in [-0.3, -0.25) is 9.59 Å². The Labute approximate surface area is 133 Å². The first-order chi connectivity index (χ1) is 10.4. The van der Waals surface area contributed by atoms with Gasteiger partial charge in [0.1, 0.15) is 6.54 Å². The Morgan fingerprint density at radius 2 is 2.00 bits per heavy atom. The standard InChI is InChI=1S/C14H17ClN4O3/c1-9-7-19(11-4-2-10(15)3-5-11)13(21)8-18(9)12(20)6-17-14(16)22/h2-5,9H,6-8H2,1H3,(H3,16,17,22)/t9-/m1/s1. The van der Waals surface area contributed by atoms with Crippen LogP contribution < -0.4 is 16.0 Å². The number of piperazine rings is 1. The molecule has 0 saturated carbocycles. The highest BCUT2D eigenvalue weighted by atomic mass is 35.5. The van der Waals surface area contributed by atoms with Crippen LogP contribution in [0.5, 0.6) is 0 Å². The van der Waals surface area contributed by atoms with Crippen LogP contribution in [0.4, 0.5) is 10.5 Å². The smallest absolute Gasteiger partial charge is 0.312 e. The summed E-state index contributed by atoms with van der Waals surface area (Å²) in [6, 6.07) is 6.01. The fraction of sp³-hybridized carbons (Fsp3) is 0.357. The van der Waals surface area contributed by atoms with E-state index in [4.69, 9.17) is 17.3 Å². The topological polar surface area (TPSA) is 95.7 Å². The van der Waals surface area contributed by atoms with Crippen molar-refractivity contribution >= 4 is 35.1 Å². The third-order valence-electron chi connectivity index (χ3n) is 3.46. The molecular formula is C14H17ClN4O3. The van der Waals surface area contributed by atoms with Gasteiger partial charge in [-0.2, -0.15) is 0 Å². The predicted molar refractivity (Wildman–Crippen MR) is 82.6 cm³/mol. The van der Waals surface area contributed by atoms with Crippen LogP contribution in [0.3, 0.4) is 0 Å². The second-order valence-corrected chi connectivity index (χ2v) is 5.51. The van der Waals surface area contributed by atoms with Crippen LogP contribution in [0.2, 0.25) is 5.02 Å². The largest absolute Gasteiger partial charge is 0.352 e. The van der Waals surface area contributed by atoms with Gasteiger partial charge in [-0.15, -0.1) is 0 Å². The number of benzene rings is 1. The molecule has 118 valence electrons. The highest BCUT2D eigenvalue weighted by molar-refractivity contribution is 6.30. The third kappa shape index (κ3) is 3.67. The van der Waals surface area contributed by atoms with Crippen molar-refractivity contribution in [1.82, 2.24) is 10.2 Å². The molecular weight excluding hydrogens is 308 g/mol. The van der Waals surface area contributed by atoms with Gasteiger partial charge in [0, 0.05) is 23.3 Å². The number of nitrogens with zero attached hydrogens (tertiary/aromatic N) is 2. The van der Waals surface area contributed by atoms with Crippen LogP contribution in [0.15, 0.2) is 24.3 Å². The molecule has 1 aromatic rings. The molecule has 1 fully saturated rings. The molecule has 1 heterocycles. The first-order valence-corrected chi connectivity index (χ1v) is 7.15. The maximum absolute atomic E-state index is 12.3. The summed E-state index contributed by atoms with van der Waals surface area (Å²) in [5.41, 5.74) is 5.68. The third-order valence-corrected chi connectivity index (χ3v) is 3.71. The Hall–Kier alpha value is -2.28. The highest BCUT2D eigenvalue weighted by Crippen LogP contribution is 2.22. The Kier molecular flexibility index (Phi) is 4.87. The van der Waals surface area contributed by atoms with Crippen molar-refractivity contribution in [2.75, 3.05) is 24.5 Å². The number of rotatable bonds is 3. The van der Waals surface area contributed by atoms with Crippen molar-refractivity contribution in [3.8, 4) is 0 Å². The maximum atomic E-state index is 12.3. The number of anilines is 1. The van der Waals surface area contributed by atoms with E-state index < -0.39 is 6.03 Å². The fourth-order valence-electron chi connectivity index (χ4n) is 2.32. The van der Waals surface area contributed by atoms with E-state index in [1.54, 1.807) is 29.2 Å². The maximum Gasteiger partial charge on any atom is 0.312 e. The Bertz CT molecular complexity index is 590. The first kappa shape index (κ1) is 16.1. The monoisotopic (exact) mass is 324 g/mol. The summed E-state index contributed by atoms with van der Waals surface area (Å²) in [5.74, 6) is -0.525. The van der Waals surface area contributed by atoms with Gasteiger partial charge < -0.3 is 20.9 Å². The van der Waals surface area contributed by atoms with E-state index in [0.717, 1.165) is 5.69 Å². The molecule has 0 radical (unpaired) electrons. The molecule has 1 aliphatic heterocycles. The second-order valence-electron chi connectivity index (χ2n) is 5.07. The van der Waals surface area contributed by atoms with Crippen LogP contribution in [0.1, 0.15) is 6.92 Å². The number of primary amides is 1. The molecule has 1 aliphatic rings. The van der Waals surface area contributed by atoms with Crippen LogP contribution in [-0.2, 0) is 9.59 Å². The number of carbonyl (C=O) groups excluding carboxylic acids is 3. The summed E-state index contributed by atoms with van der Waals surface area (Å²) in [5, 5.41) is 2.83. The van der Waals surface area contributed by atoms with E-state index in [0.29, 0.717) is 11.6 Å². The number of nitrogens with two attached hydrogens (primary N) is 1. The van der Waals surface area contributed by atoms with Gasteiger partial charge in [-0.25, -0.2) is 4.79 Å². The zero-order valence-electron chi connectivity index (χ0n) is 12.1. The molecule has 7 nitrogen and oxygen atoms in total. The Balaban J connectivity index is 2.05. The molecule has 4 amide bonds. The van der Waals surface area contributed by atoms with Crippen LogP contribution in [0, 0.1) is 0 Å². The molecule has 0 aromatic heterocycles. The van der Waals surface area contributed by atoms with Crippen molar-refractivity contribution in [3.63, 3.8) is 0 Å². The summed E-state index contributed by atoms with van der Waals surface area (Å²) in [6.45, 7) is 1.97. The molecule has 0 aliphatic carbocycles. The molecule has 0 spiro atoms. The van der Waals surface area contributed by atoms with E-state index in [2.05, 4.69) is 5.32 Å². The minimum absolute atomic E-state index is 0.0386. The predicted octanol–water partition coefficient (Wildman–Crippen LogP) is 0.572. The van der Waals surface area contributed by atoms with Gasteiger partial charge in [0.2, 0.25) is 11.8 Å². The summed E-state index contributed by atoms with van der Waals surface area (Å²) in [4.78, 5) is 38.0. The minimum Gasteiger partial charge on any atom is -0.352 e. The van der Waals surface area contributed by atoms with E-state index >= 15 is 0 Å². The van der Waals surface area contributed by atoms with Crippen molar-refractivity contribution in [2.24, 2.45) is 5.73 Å². The van der Waals surface area contributed by atoms with E-state index in [9.17, 15) is 14.4 Å². The highest BCUT2D eigenvalue weighted by Gasteiger charge is 2.33. The number of urea groups is 1. The summed E-state index contributed by atoms with van der Waals surface area (Å²) in [7, 11) is 0. The molecule has 8 heteroatoms. The normalized spacial score (nSPS) is 18.3. The van der Waals surface area contributed by atoms with E-state index in [1.165, 1.54) is 4.90 Å². The quantitative estimate of drug-likeness (QED) is 0.851. The summed E-state index contributed by atoms with van der Waals surface area (Å²) >= 11 is 5.84. The summed E-state index contributed by atoms with van der Waals surface area (Å²) in [6.07, 6.45) is 0. The van der Waals surface area contributed by atoms with Gasteiger partial charge >= 0.3 is 6.03 Å². The zero-order valence-corrected chi connectivity index (χ0v) is 12.8. The van der Waals surface area contributed by atoms with E-state index in [-0.39, 0.29) is 30.9 Å². The molecule has 2 rings (SSSR count). The van der Waals surface area contributed by atoms with Crippen LogP contribution >= 0.6 is 11.6 Å². The van der Waals surface area contributed by atoms with Crippen LogP contribution in [0.25, 0.3) is 0 Å². The number of hydrogen-bond acceptors (Lipinski definition) is 3. The molecule has 1 aromatic carbocycles. The van der Waals surface area contributed by atoms with Crippen molar-refractivity contribution in [2.45, 2.75) is 13.0 Å². The van der Waals surface area contributed by atoms with Gasteiger partial charge in [0.05, 0.1) is 6.54 Å². The van der Waals surface area contributed by atoms with Gasteiger partial charge in [0.15, 0.2) is 0 Å². The van der Waals surface area contributed by atoms with Gasteiger partial charge in [0.25, 0.3) is 0 Å². The lowest BCUT2D eigenvalue weighted by molar-refractivity contribution is -0.138. The Morgan fingerprint density at radius 1 is 1.36 bits per heavy atom. The average molecular weight is 325 g/mol. The molecule has 0 unspecified atom stereocenters. The van der Waals surface area contributed by atoms with Gasteiger partial charge in [-0.05, 0) is 31.2 Å². The molecule has 1 atom stereocenters. The number of hydrogen-bond donors (Lipinski definition) is 2. The van der Waals surface area contributed by atoms with Gasteiger partial charge in [-0.1, -0.05) is 11.6 Å². The second kappa shape index (κ2) is 6.65. The minimum atomic E-state index is -0.771. The fourth-order valence-corrected chi connectivity index (χ4v) is 2.45. The lowest BCUT2D eigenvalue weighted by Crippen LogP contribution is -2.58. The lowest BCUT2D eigenvalue weighted by atomic mass is 10.1. The average Bonchev–Trinajstić information content (AvgIpc) is 2.47. The Morgan fingerprint density at radius 3 is 2.59 bits per heavy atom. The lowest BCUT2D eigenvalue weighted by Gasteiger charge is -2.39. The number of halogens is 1. The SMILES string of the molecule is C[C@@H]1CN(c2ccc(Cl)cc2)C(=O)CN1C(=O)CNC(N)=O. The molecule has 1 saturated heterocycles. The summed E-state index contributed by atoms with van der Waals surface area (Å²) < 4.78 is 0. The number of amides is 4. The number of carbonyl (C=O) groups is 3. The molecule has 22 heavy (non-hydrogen) atoms. The molecule has 3 N–H and O–H groups in total. The van der Waals surface area contributed by atoms with Crippen molar-refractivity contribution in [3.05, 3.63) is 29.3 Å². The number of nitrogens with one attached hydrogen (secondary N) is 1. The molecule has 0 bridgehead atoms. The van der Waals surface area contributed by atoms with Crippen LogP contribution in [-0.4, -0.2) is 48.4 Å². The first-order valence-electron chi connectivity index (χ1n) is 6.77. The van der Waals surface area contributed by atoms with E-state index in [1.807, 2.05) is 6.92 Å². The van der Waals surface area contributed by atoms with Crippen molar-refractivity contribution in [1.29, 1.82) is 0 Å². The van der Waals surface area contributed by atoms with Crippen molar-refractivity contribution < 1.29 is 14.4 Å².